The molecule has 0 aliphatic carbocycles. The highest BCUT2D eigenvalue weighted by Gasteiger charge is 2.37. The zero-order valence-corrected chi connectivity index (χ0v) is 20.1. The van der Waals surface area contributed by atoms with E-state index in [2.05, 4.69) is 31.1 Å². The third kappa shape index (κ3) is 6.20. The number of aromatic nitrogens is 1. The number of carbonyl (C=O) groups excluding carboxylic acids is 2. The van der Waals surface area contributed by atoms with E-state index in [0.29, 0.717) is 49.3 Å². The number of pyridine rings is 1. The first-order chi connectivity index (χ1) is 16.0. The van der Waals surface area contributed by atoms with Crippen LogP contribution in [0.25, 0.3) is 0 Å². The number of hydrogen-bond donors (Lipinski definition) is 1. The lowest BCUT2D eigenvalue weighted by Gasteiger charge is -2.36. The molecule has 2 aromatic rings. The Hall–Kier alpha value is -2.81. The van der Waals surface area contributed by atoms with Crippen molar-refractivity contribution < 1.29 is 22.8 Å². The van der Waals surface area contributed by atoms with Gasteiger partial charge in [0, 0.05) is 30.9 Å². The van der Waals surface area contributed by atoms with E-state index in [1.54, 1.807) is 17.0 Å². The van der Waals surface area contributed by atoms with Crippen LogP contribution in [-0.4, -0.2) is 48.0 Å². The topological polar surface area (TPSA) is 65.5 Å². The maximum Gasteiger partial charge on any atom is 0.417 e. The number of nitrogens with zero attached hydrogens (tertiary/aromatic N) is 3. The molecule has 1 saturated heterocycles. The number of hydrogen-bond acceptors (Lipinski definition) is 4. The van der Waals surface area contributed by atoms with Crippen molar-refractivity contribution in [3.63, 3.8) is 0 Å². The van der Waals surface area contributed by atoms with E-state index in [4.69, 9.17) is 11.6 Å². The number of halogens is 4. The average molecular weight is 497 g/mol. The number of anilines is 1. The molecule has 1 aliphatic rings. The van der Waals surface area contributed by atoms with Gasteiger partial charge in [0.2, 0.25) is 0 Å². The van der Waals surface area contributed by atoms with Gasteiger partial charge in [0.05, 0.1) is 23.4 Å². The highest BCUT2D eigenvalue weighted by Crippen LogP contribution is 2.34. The van der Waals surface area contributed by atoms with E-state index in [1.807, 2.05) is 0 Å². The van der Waals surface area contributed by atoms with Crippen molar-refractivity contribution >= 4 is 29.2 Å². The number of amides is 2. The summed E-state index contributed by atoms with van der Waals surface area (Å²) in [5, 5.41) is 2.81. The maximum absolute atomic E-state index is 13.5. The first-order valence-electron chi connectivity index (χ1n) is 11.1. The molecule has 184 valence electrons. The van der Waals surface area contributed by atoms with Gasteiger partial charge in [-0.25, -0.2) is 4.98 Å². The van der Waals surface area contributed by atoms with Gasteiger partial charge in [-0.3, -0.25) is 9.59 Å². The number of alkyl halides is 3. The molecular formula is C24H28ClF3N4O2. The predicted octanol–water partition coefficient (Wildman–Crippen LogP) is 5.09. The first-order valence-corrected chi connectivity index (χ1v) is 11.5. The summed E-state index contributed by atoms with van der Waals surface area (Å²) in [6, 6.07) is 6.48. The van der Waals surface area contributed by atoms with Gasteiger partial charge in [0.1, 0.15) is 5.82 Å². The summed E-state index contributed by atoms with van der Waals surface area (Å²) < 4.78 is 40.4. The predicted molar refractivity (Wildman–Crippen MR) is 125 cm³/mol. The fourth-order valence-electron chi connectivity index (χ4n) is 3.56. The van der Waals surface area contributed by atoms with Crippen LogP contribution < -0.4 is 10.2 Å². The standard InChI is InChI=1S/C24H28ClF3N4O2/c1-15(2)16(3)12-30-22(33)17-5-8-21(29-13-17)31-9-4-10-32(14-31)23(34)19-7-6-18(25)11-20(19)24(26,27)28/h5-8,11,13,15-16H,4,9-10,12,14H2,1-3H3,(H,30,33). The van der Waals surface area contributed by atoms with Crippen LogP contribution in [0.5, 0.6) is 0 Å². The highest BCUT2D eigenvalue weighted by molar-refractivity contribution is 6.30. The van der Waals surface area contributed by atoms with Crippen LogP contribution in [0, 0.1) is 11.8 Å². The highest BCUT2D eigenvalue weighted by atomic mass is 35.5. The Labute approximate surface area is 202 Å². The van der Waals surface area contributed by atoms with Gasteiger partial charge in [-0.1, -0.05) is 32.4 Å². The molecule has 0 bridgehead atoms. The molecule has 0 saturated carbocycles. The fraction of sp³-hybridized carbons (Fsp3) is 0.458. The van der Waals surface area contributed by atoms with Crippen molar-refractivity contribution in [1.82, 2.24) is 15.2 Å². The van der Waals surface area contributed by atoms with Gasteiger partial charge in [0.25, 0.3) is 11.8 Å². The quantitative estimate of drug-likeness (QED) is 0.605. The molecule has 3 rings (SSSR count). The van der Waals surface area contributed by atoms with Crippen molar-refractivity contribution in [2.24, 2.45) is 11.8 Å². The van der Waals surface area contributed by atoms with Crippen molar-refractivity contribution in [3.05, 3.63) is 58.2 Å². The van der Waals surface area contributed by atoms with E-state index in [-0.39, 0.29) is 17.6 Å². The first kappa shape index (κ1) is 25.8. The Morgan fingerprint density at radius 2 is 1.88 bits per heavy atom. The van der Waals surface area contributed by atoms with Crippen molar-refractivity contribution in [2.75, 3.05) is 31.2 Å². The number of nitrogens with one attached hydrogen (secondary N) is 1. The summed E-state index contributed by atoms with van der Waals surface area (Å²) >= 11 is 5.73. The zero-order chi connectivity index (χ0) is 25.0. The molecule has 1 aromatic heterocycles. The van der Waals surface area contributed by atoms with Gasteiger partial charge >= 0.3 is 6.18 Å². The second-order valence-corrected chi connectivity index (χ2v) is 9.29. The summed E-state index contributed by atoms with van der Waals surface area (Å²) in [5.74, 6) is 0.391. The molecule has 1 aliphatic heterocycles. The van der Waals surface area contributed by atoms with Crippen molar-refractivity contribution in [1.29, 1.82) is 0 Å². The second kappa shape index (κ2) is 10.6. The average Bonchev–Trinajstić information content (AvgIpc) is 2.81. The fourth-order valence-corrected chi connectivity index (χ4v) is 3.73. The third-order valence-corrected chi connectivity index (χ3v) is 6.29. The number of carbonyl (C=O) groups is 2. The summed E-state index contributed by atoms with van der Waals surface area (Å²) in [6.07, 6.45) is -2.67. The smallest absolute Gasteiger partial charge is 0.352 e. The SMILES string of the molecule is CC(C)C(C)CNC(=O)c1ccc(N2CCCN(C(=O)c3ccc(Cl)cc3C(F)(F)F)C2)nc1. The zero-order valence-electron chi connectivity index (χ0n) is 19.3. The molecule has 34 heavy (non-hydrogen) atoms. The van der Waals surface area contributed by atoms with E-state index < -0.39 is 23.2 Å². The molecule has 1 fully saturated rings. The maximum atomic E-state index is 13.5. The molecule has 1 unspecified atom stereocenters. The van der Waals surface area contributed by atoms with Crippen LogP contribution >= 0.6 is 11.6 Å². The van der Waals surface area contributed by atoms with Gasteiger partial charge in [-0.2, -0.15) is 13.2 Å². The summed E-state index contributed by atoms with van der Waals surface area (Å²) in [6.45, 7) is 7.81. The molecule has 1 N–H and O–H groups in total. The van der Waals surface area contributed by atoms with Crippen LogP contribution in [0.1, 0.15) is 53.5 Å². The molecule has 0 spiro atoms. The normalized spacial score (nSPS) is 15.4. The minimum Gasteiger partial charge on any atom is -0.352 e. The van der Waals surface area contributed by atoms with Crippen LogP contribution in [0.15, 0.2) is 36.5 Å². The van der Waals surface area contributed by atoms with Crippen LogP contribution in [0.4, 0.5) is 19.0 Å². The van der Waals surface area contributed by atoms with E-state index in [9.17, 15) is 22.8 Å². The lowest BCUT2D eigenvalue weighted by molar-refractivity contribution is -0.138. The Morgan fingerprint density at radius 1 is 1.15 bits per heavy atom. The summed E-state index contributed by atoms with van der Waals surface area (Å²) in [4.78, 5) is 32.8. The summed E-state index contributed by atoms with van der Waals surface area (Å²) in [7, 11) is 0. The van der Waals surface area contributed by atoms with Gasteiger partial charge in [-0.05, 0) is 48.6 Å². The Bertz CT molecular complexity index is 1030. The third-order valence-electron chi connectivity index (χ3n) is 6.06. The van der Waals surface area contributed by atoms with Crippen LogP contribution in [0.3, 0.4) is 0 Å². The largest absolute Gasteiger partial charge is 0.417 e. The lowest BCUT2D eigenvalue weighted by Crippen LogP contribution is -2.48. The summed E-state index contributed by atoms with van der Waals surface area (Å²) in [5.41, 5.74) is -1.07. The molecule has 0 radical (unpaired) electrons. The molecule has 1 aromatic carbocycles. The number of rotatable bonds is 6. The van der Waals surface area contributed by atoms with E-state index in [1.165, 1.54) is 17.2 Å². The molecule has 1 atom stereocenters. The molecular weight excluding hydrogens is 469 g/mol. The second-order valence-electron chi connectivity index (χ2n) is 8.85. The molecule has 10 heteroatoms. The van der Waals surface area contributed by atoms with Crippen LogP contribution in [0.2, 0.25) is 5.02 Å². The monoisotopic (exact) mass is 496 g/mol. The van der Waals surface area contributed by atoms with Gasteiger partial charge in [0.15, 0.2) is 0 Å². The number of benzene rings is 1. The Morgan fingerprint density at radius 3 is 2.50 bits per heavy atom. The minimum atomic E-state index is -4.70. The van der Waals surface area contributed by atoms with Crippen LogP contribution in [-0.2, 0) is 6.18 Å². The molecule has 2 amide bonds. The minimum absolute atomic E-state index is 0.0865. The molecule has 2 heterocycles. The van der Waals surface area contributed by atoms with Gasteiger partial charge in [-0.15, -0.1) is 0 Å². The van der Waals surface area contributed by atoms with Crippen molar-refractivity contribution in [2.45, 2.75) is 33.4 Å². The lowest BCUT2D eigenvalue weighted by atomic mass is 9.98. The van der Waals surface area contributed by atoms with Gasteiger partial charge < -0.3 is 15.1 Å². The Balaban J connectivity index is 1.70. The molecule has 6 nitrogen and oxygen atoms in total. The van der Waals surface area contributed by atoms with E-state index >= 15 is 0 Å². The van der Waals surface area contributed by atoms with E-state index in [0.717, 1.165) is 12.1 Å². The Kier molecular flexibility index (Phi) is 8.07. The van der Waals surface area contributed by atoms with Crippen molar-refractivity contribution in [3.8, 4) is 0 Å².